The summed E-state index contributed by atoms with van der Waals surface area (Å²) < 4.78 is 5.64. The highest BCUT2D eigenvalue weighted by molar-refractivity contribution is 5.99. The van der Waals surface area contributed by atoms with E-state index in [2.05, 4.69) is 5.32 Å². The molecule has 0 radical (unpaired) electrons. The van der Waals surface area contributed by atoms with Crippen molar-refractivity contribution >= 4 is 11.6 Å². The summed E-state index contributed by atoms with van der Waals surface area (Å²) in [5.41, 5.74) is 2.77. The van der Waals surface area contributed by atoms with Crippen LogP contribution < -0.4 is 5.32 Å². The molecule has 0 spiro atoms. The lowest BCUT2D eigenvalue weighted by Crippen LogP contribution is -2.37. The van der Waals surface area contributed by atoms with Crippen LogP contribution in [0.4, 0.5) is 5.69 Å². The fourth-order valence-corrected chi connectivity index (χ4v) is 2.61. The molecule has 1 saturated heterocycles. The molecule has 1 aromatic rings. The fraction of sp³-hybridized carbons (Fsp3) is 0.562. The number of ether oxygens (including phenoxy) is 1. The van der Waals surface area contributed by atoms with Gasteiger partial charge < -0.3 is 15.0 Å². The van der Waals surface area contributed by atoms with Crippen LogP contribution in [0.2, 0.25) is 0 Å². The van der Waals surface area contributed by atoms with E-state index in [1.165, 1.54) is 0 Å². The summed E-state index contributed by atoms with van der Waals surface area (Å²) in [5, 5.41) is 3.11. The highest BCUT2D eigenvalue weighted by Gasteiger charge is 2.23. The Morgan fingerprint density at radius 1 is 1.50 bits per heavy atom. The number of hydrogen-bond acceptors (Lipinski definition) is 3. The lowest BCUT2D eigenvalue weighted by atomic mass is 10.1. The van der Waals surface area contributed by atoms with Gasteiger partial charge in [-0.3, -0.25) is 4.79 Å². The minimum absolute atomic E-state index is 0.0763. The van der Waals surface area contributed by atoms with E-state index in [9.17, 15) is 4.79 Å². The third-order valence-electron chi connectivity index (χ3n) is 3.79. The molecule has 4 heteroatoms. The van der Waals surface area contributed by atoms with Gasteiger partial charge in [-0.15, -0.1) is 0 Å². The summed E-state index contributed by atoms with van der Waals surface area (Å²) in [5.74, 6) is 0.0763. The van der Waals surface area contributed by atoms with Crippen LogP contribution in [0.15, 0.2) is 18.2 Å². The molecular weight excluding hydrogens is 252 g/mol. The Hall–Kier alpha value is -1.55. The van der Waals surface area contributed by atoms with Gasteiger partial charge in [-0.2, -0.15) is 0 Å². The lowest BCUT2D eigenvalue weighted by molar-refractivity contribution is 0.0540. The molecule has 0 aliphatic carbocycles. The van der Waals surface area contributed by atoms with E-state index in [1.54, 1.807) is 0 Å². The quantitative estimate of drug-likeness (QED) is 0.899. The number of hydrogen-bond donors (Lipinski definition) is 1. The van der Waals surface area contributed by atoms with Crippen LogP contribution in [0.1, 0.15) is 35.7 Å². The van der Waals surface area contributed by atoms with Gasteiger partial charge in [0.15, 0.2) is 0 Å². The average Bonchev–Trinajstić information content (AvgIpc) is 2.96. The second-order valence-corrected chi connectivity index (χ2v) is 5.28. The Kier molecular flexibility index (Phi) is 5.01. The molecule has 20 heavy (non-hydrogen) atoms. The summed E-state index contributed by atoms with van der Waals surface area (Å²) >= 11 is 0. The van der Waals surface area contributed by atoms with Crippen molar-refractivity contribution in [2.45, 2.75) is 32.8 Å². The summed E-state index contributed by atoms with van der Waals surface area (Å²) in [6, 6.07) is 5.89. The first-order valence-corrected chi connectivity index (χ1v) is 7.35. The van der Waals surface area contributed by atoms with Crippen molar-refractivity contribution in [3.8, 4) is 0 Å². The number of anilines is 1. The van der Waals surface area contributed by atoms with Crippen LogP contribution in [0, 0.1) is 6.92 Å². The molecule has 0 saturated carbocycles. The molecule has 1 heterocycles. The third kappa shape index (κ3) is 3.31. The number of benzene rings is 1. The molecular formula is C16H24N2O2. The predicted molar refractivity (Wildman–Crippen MR) is 81.3 cm³/mol. The first kappa shape index (κ1) is 14.9. The zero-order valence-corrected chi connectivity index (χ0v) is 12.6. The van der Waals surface area contributed by atoms with Crippen molar-refractivity contribution in [2.24, 2.45) is 0 Å². The van der Waals surface area contributed by atoms with Gasteiger partial charge >= 0.3 is 0 Å². The van der Waals surface area contributed by atoms with Crippen LogP contribution >= 0.6 is 0 Å². The number of nitrogens with one attached hydrogen (secondary N) is 1. The number of aryl methyl sites for hydroxylation is 1. The fourth-order valence-electron chi connectivity index (χ4n) is 2.61. The number of carbonyl (C=O) groups excluding carboxylic acids is 1. The van der Waals surface area contributed by atoms with Gasteiger partial charge in [0.2, 0.25) is 0 Å². The number of amides is 1. The smallest absolute Gasteiger partial charge is 0.256 e. The number of rotatable bonds is 5. The van der Waals surface area contributed by atoms with Crippen LogP contribution in [-0.2, 0) is 4.74 Å². The molecule has 1 fully saturated rings. The first-order valence-electron chi connectivity index (χ1n) is 7.35. The number of carbonyl (C=O) groups is 1. The van der Waals surface area contributed by atoms with Gasteiger partial charge in [-0.1, -0.05) is 6.07 Å². The molecule has 1 N–H and O–H groups in total. The zero-order chi connectivity index (χ0) is 14.5. The molecule has 0 bridgehead atoms. The van der Waals surface area contributed by atoms with E-state index in [0.29, 0.717) is 13.1 Å². The summed E-state index contributed by atoms with van der Waals surface area (Å²) in [7, 11) is 1.85. The third-order valence-corrected chi connectivity index (χ3v) is 3.79. The second kappa shape index (κ2) is 6.75. The maximum Gasteiger partial charge on any atom is 0.256 e. The van der Waals surface area contributed by atoms with Crippen molar-refractivity contribution in [2.75, 3.05) is 32.1 Å². The minimum atomic E-state index is 0.0763. The molecule has 0 aromatic heterocycles. The second-order valence-electron chi connectivity index (χ2n) is 5.28. The predicted octanol–water partition coefficient (Wildman–Crippen LogP) is 2.68. The molecule has 4 nitrogen and oxygen atoms in total. The minimum Gasteiger partial charge on any atom is -0.387 e. The Bertz CT molecular complexity index is 468. The molecule has 1 unspecified atom stereocenters. The van der Waals surface area contributed by atoms with Crippen molar-refractivity contribution in [1.29, 1.82) is 0 Å². The summed E-state index contributed by atoms with van der Waals surface area (Å²) in [4.78, 5) is 14.6. The Balaban J connectivity index is 2.14. The van der Waals surface area contributed by atoms with Crippen molar-refractivity contribution in [1.82, 2.24) is 4.90 Å². The highest BCUT2D eigenvalue weighted by Crippen LogP contribution is 2.20. The van der Waals surface area contributed by atoms with Crippen LogP contribution in [-0.4, -0.2) is 43.7 Å². The van der Waals surface area contributed by atoms with Gasteiger partial charge in [-0.05, 0) is 44.4 Å². The molecule has 1 amide bonds. The molecule has 1 aliphatic rings. The molecule has 1 aliphatic heterocycles. The van der Waals surface area contributed by atoms with Crippen molar-refractivity contribution in [3.63, 3.8) is 0 Å². The first-order chi connectivity index (χ1) is 9.65. The van der Waals surface area contributed by atoms with E-state index in [4.69, 9.17) is 4.74 Å². The van der Waals surface area contributed by atoms with E-state index < -0.39 is 0 Å². The molecule has 110 valence electrons. The van der Waals surface area contributed by atoms with Crippen LogP contribution in [0.3, 0.4) is 0 Å². The summed E-state index contributed by atoms with van der Waals surface area (Å²) in [6.45, 7) is 6.25. The Morgan fingerprint density at radius 3 is 2.90 bits per heavy atom. The standard InChI is InChI=1S/C16H24N2O2/c1-4-18(11-13-6-5-9-20-13)16(19)14-8-7-12(2)10-15(14)17-3/h7-8,10,13,17H,4-6,9,11H2,1-3H3. The zero-order valence-electron chi connectivity index (χ0n) is 12.6. The maximum absolute atomic E-state index is 12.7. The van der Waals surface area contributed by atoms with E-state index in [-0.39, 0.29) is 12.0 Å². The normalized spacial score (nSPS) is 18.1. The Morgan fingerprint density at radius 2 is 2.30 bits per heavy atom. The molecule has 1 aromatic carbocycles. The summed E-state index contributed by atoms with van der Waals surface area (Å²) in [6.07, 6.45) is 2.35. The van der Waals surface area contributed by atoms with Gasteiger partial charge in [0.1, 0.15) is 0 Å². The van der Waals surface area contributed by atoms with Gasteiger partial charge in [-0.25, -0.2) is 0 Å². The topological polar surface area (TPSA) is 41.6 Å². The van der Waals surface area contributed by atoms with Crippen molar-refractivity contribution < 1.29 is 9.53 Å². The van der Waals surface area contributed by atoms with Gasteiger partial charge in [0.25, 0.3) is 5.91 Å². The van der Waals surface area contributed by atoms with E-state index in [0.717, 1.165) is 36.3 Å². The van der Waals surface area contributed by atoms with Crippen molar-refractivity contribution in [3.05, 3.63) is 29.3 Å². The molecule has 2 rings (SSSR count). The number of nitrogens with zero attached hydrogens (tertiary/aromatic N) is 1. The molecule has 1 atom stereocenters. The van der Waals surface area contributed by atoms with Gasteiger partial charge in [0, 0.05) is 32.4 Å². The highest BCUT2D eigenvalue weighted by atomic mass is 16.5. The maximum atomic E-state index is 12.7. The van der Waals surface area contributed by atoms with Crippen LogP contribution in [0.25, 0.3) is 0 Å². The van der Waals surface area contributed by atoms with Gasteiger partial charge in [0.05, 0.1) is 11.7 Å². The van der Waals surface area contributed by atoms with E-state index >= 15 is 0 Å². The Labute approximate surface area is 121 Å². The lowest BCUT2D eigenvalue weighted by Gasteiger charge is -2.25. The van der Waals surface area contributed by atoms with E-state index in [1.807, 2.05) is 44.0 Å². The largest absolute Gasteiger partial charge is 0.387 e. The average molecular weight is 276 g/mol. The number of likely N-dealkylation sites (N-methyl/N-ethyl adjacent to an activating group) is 1. The SMILES string of the molecule is CCN(CC1CCCO1)C(=O)c1ccc(C)cc1NC. The van der Waals surface area contributed by atoms with Crippen LogP contribution in [0.5, 0.6) is 0 Å². The monoisotopic (exact) mass is 276 g/mol.